The number of hydrogen-bond acceptors (Lipinski definition) is 2. The van der Waals surface area contributed by atoms with E-state index in [4.69, 9.17) is 9.57 Å². The largest absolute Gasteiger partial charge is 0.345 e. The van der Waals surface area contributed by atoms with E-state index in [1.54, 1.807) is 0 Å². The maximum Gasteiger partial charge on any atom is 0.221 e. The first-order chi connectivity index (χ1) is 9.68. The summed E-state index contributed by atoms with van der Waals surface area (Å²) in [6.45, 7) is 6.27. The Hall–Kier alpha value is -0.900. The van der Waals surface area contributed by atoms with E-state index in [0.717, 1.165) is 24.2 Å². The second kappa shape index (κ2) is 5.84. The monoisotopic (exact) mass is 276 g/mol. The molecule has 2 fully saturated rings. The Labute approximate surface area is 122 Å². The first kappa shape index (κ1) is 14.1. The normalized spacial score (nSPS) is 33.4. The maximum atomic E-state index is 6.38. The lowest BCUT2D eigenvalue weighted by Gasteiger charge is -2.39. The van der Waals surface area contributed by atoms with E-state index in [-0.39, 0.29) is 12.4 Å². The molecule has 0 radical (unpaired) electrons. The molecule has 2 aliphatic heterocycles. The average molecular weight is 276 g/mol. The molecule has 0 N–H and O–H groups in total. The third kappa shape index (κ3) is 2.90. The SMILES string of the molecule is CC(C)O[C@@H]1C[C@H]2CCCC[N@+]2(Cc2ccccc2)O1. The van der Waals surface area contributed by atoms with Gasteiger partial charge in [-0.3, -0.25) is 0 Å². The molecule has 3 rings (SSSR count). The summed E-state index contributed by atoms with van der Waals surface area (Å²) >= 11 is 0. The summed E-state index contributed by atoms with van der Waals surface area (Å²) in [5.74, 6) is 0. The van der Waals surface area contributed by atoms with Crippen LogP contribution in [-0.2, 0) is 16.1 Å². The fourth-order valence-electron chi connectivity index (χ4n) is 3.65. The van der Waals surface area contributed by atoms with Gasteiger partial charge in [-0.1, -0.05) is 30.3 Å². The van der Waals surface area contributed by atoms with Crippen molar-refractivity contribution in [1.29, 1.82) is 0 Å². The number of fused-ring (bicyclic) bond motifs is 1. The highest BCUT2D eigenvalue weighted by atomic mass is 16.8. The van der Waals surface area contributed by atoms with Crippen LogP contribution in [-0.4, -0.2) is 29.6 Å². The van der Waals surface area contributed by atoms with E-state index in [1.807, 2.05) is 0 Å². The molecule has 3 heteroatoms. The van der Waals surface area contributed by atoms with Crippen LogP contribution in [0.25, 0.3) is 0 Å². The first-order valence-electron chi connectivity index (χ1n) is 7.92. The highest BCUT2D eigenvalue weighted by Gasteiger charge is 2.51. The Balaban J connectivity index is 1.76. The van der Waals surface area contributed by atoms with Crippen molar-refractivity contribution in [2.45, 2.75) is 64.5 Å². The predicted molar refractivity (Wildman–Crippen MR) is 78.6 cm³/mol. The number of benzene rings is 1. The fourth-order valence-corrected chi connectivity index (χ4v) is 3.65. The number of nitrogens with zero attached hydrogens (tertiary/aromatic N) is 1. The van der Waals surface area contributed by atoms with Crippen LogP contribution < -0.4 is 0 Å². The van der Waals surface area contributed by atoms with Gasteiger partial charge in [0.05, 0.1) is 12.5 Å². The summed E-state index contributed by atoms with van der Waals surface area (Å²) in [6, 6.07) is 11.3. The molecule has 0 aliphatic carbocycles. The smallest absolute Gasteiger partial charge is 0.221 e. The highest BCUT2D eigenvalue weighted by Crippen LogP contribution is 2.39. The van der Waals surface area contributed by atoms with Crippen molar-refractivity contribution in [3.05, 3.63) is 35.9 Å². The summed E-state index contributed by atoms with van der Waals surface area (Å²) < 4.78 is 6.71. The van der Waals surface area contributed by atoms with E-state index >= 15 is 0 Å². The van der Waals surface area contributed by atoms with Gasteiger partial charge in [-0.15, -0.1) is 0 Å². The summed E-state index contributed by atoms with van der Waals surface area (Å²) in [7, 11) is 0. The van der Waals surface area contributed by atoms with E-state index < -0.39 is 0 Å². The summed E-state index contributed by atoms with van der Waals surface area (Å²) in [4.78, 5) is 6.38. The first-order valence-corrected chi connectivity index (χ1v) is 7.92. The standard InChI is InChI=1S/C17H26NO2/c1-14(2)19-17-12-16-10-6-7-11-18(16,20-17)13-15-8-4-3-5-9-15/h3-5,8-9,14,16-17H,6-7,10-13H2,1-2H3/q+1/t16-,17+,18-/m1/s1. The summed E-state index contributed by atoms with van der Waals surface area (Å²) in [6.07, 6.45) is 5.12. The minimum Gasteiger partial charge on any atom is -0.345 e. The molecular weight excluding hydrogens is 250 g/mol. The molecule has 20 heavy (non-hydrogen) atoms. The molecule has 0 unspecified atom stereocenters. The molecule has 0 bridgehead atoms. The van der Waals surface area contributed by atoms with E-state index in [2.05, 4.69) is 44.2 Å². The van der Waals surface area contributed by atoms with Gasteiger partial charge in [-0.2, -0.15) is 9.48 Å². The van der Waals surface area contributed by atoms with Crippen LogP contribution in [0.1, 0.15) is 45.1 Å². The number of ether oxygens (including phenoxy) is 1. The van der Waals surface area contributed by atoms with E-state index in [9.17, 15) is 0 Å². The number of hydroxylamine groups is 3. The summed E-state index contributed by atoms with van der Waals surface area (Å²) in [5.41, 5.74) is 1.37. The van der Waals surface area contributed by atoms with Gasteiger partial charge in [0.15, 0.2) is 0 Å². The van der Waals surface area contributed by atoms with Gasteiger partial charge in [0.2, 0.25) is 6.29 Å². The number of piperidine rings is 1. The van der Waals surface area contributed by atoms with Crippen molar-refractivity contribution in [3.63, 3.8) is 0 Å². The molecule has 0 amide bonds. The lowest BCUT2D eigenvalue weighted by molar-refractivity contribution is -1.13. The third-order valence-electron chi connectivity index (χ3n) is 4.50. The summed E-state index contributed by atoms with van der Waals surface area (Å²) in [5, 5.41) is 0. The highest BCUT2D eigenvalue weighted by molar-refractivity contribution is 5.13. The van der Waals surface area contributed by atoms with Crippen molar-refractivity contribution in [2.24, 2.45) is 0 Å². The van der Waals surface area contributed by atoms with Gasteiger partial charge in [0.1, 0.15) is 19.1 Å². The zero-order valence-electron chi connectivity index (χ0n) is 12.6. The van der Waals surface area contributed by atoms with Crippen molar-refractivity contribution in [2.75, 3.05) is 6.54 Å². The van der Waals surface area contributed by atoms with E-state index in [1.165, 1.54) is 24.8 Å². The van der Waals surface area contributed by atoms with Crippen molar-refractivity contribution in [3.8, 4) is 0 Å². The van der Waals surface area contributed by atoms with Gasteiger partial charge in [0.25, 0.3) is 0 Å². The molecule has 3 nitrogen and oxygen atoms in total. The van der Waals surface area contributed by atoms with Gasteiger partial charge in [-0.25, -0.2) is 0 Å². The molecule has 0 saturated carbocycles. The van der Waals surface area contributed by atoms with Crippen molar-refractivity contribution < 1.29 is 14.2 Å². The Morgan fingerprint density at radius 1 is 1.25 bits per heavy atom. The average Bonchev–Trinajstić information content (AvgIpc) is 2.76. The van der Waals surface area contributed by atoms with Crippen molar-refractivity contribution in [1.82, 2.24) is 0 Å². The number of hydrogen-bond donors (Lipinski definition) is 0. The molecule has 0 spiro atoms. The maximum absolute atomic E-state index is 6.38. The quantitative estimate of drug-likeness (QED) is 0.782. The third-order valence-corrected chi connectivity index (χ3v) is 4.50. The molecular formula is C17H26NO2+. The molecule has 110 valence electrons. The van der Waals surface area contributed by atoms with Gasteiger partial charge < -0.3 is 4.74 Å². The Morgan fingerprint density at radius 2 is 2.05 bits per heavy atom. The Bertz CT molecular complexity index is 434. The number of rotatable bonds is 4. The van der Waals surface area contributed by atoms with Crippen LogP contribution in [0, 0.1) is 0 Å². The fraction of sp³-hybridized carbons (Fsp3) is 0.647. The van der Waals surface area contributed by atoms with Crippen LogP contribution in [0.5, 0.6) is 0 Å². The van der Waals surface area contributed by atoms with Gasteiger partial charge in [0, 0.05) is 12.0 Å². The molecule has 2 aliphatic rings. The molecule has 3 atom stereocenters. The van der Waals surface area contributed by atoms with Crippen LogP contribution >= 0.6 is 0 Å². The van der Waals surface area contributed by atoms with Crippen LogP contribution in [0.2, 0.25) is 0 Å². The minimum atomic E-state index is -0.0261. The zero-order chi connectivity index (χ0) is 14.0. The second-order valence-corrected chi connectivity index (χ2v) is 6.42. The van der Waals surface area contributed by atoms with Crippen molar-refractivity contribution >= 4 is 0 Å². The van der Waals surface area contributed by atoms with Gasteiger partial charge >= 0.3 is 0 Å². The molecule has 0 aromatic heterocycles. The predicted octanol–water partition coefficient (Wildman–Crippen LogP) is 3.64. The van der Waals surface area contributed by atoms with Crippen LogP contribution in [0.3, 0.4) is 0 Å². The molecule has 2 saturated heterocycles. The van der Waals surface area contributed by atoms with E-state index in [0.29, 0.717) is 6.04 Å². The molecule has 2 heterocycles. The second-order valence-electron chi connectivity index (χ2n) is 6.42. The Kier molecular flexibility index (Phi) is 4.11. The number of quaternary nitrogens is 1. The van der Waals surface area contributed by atoms with Gasteiger partial charge in [-0.05, 0) is 26.7 Å². The van der Waals surface area contributed by atoms with Crippen LogP contribution in [0.4, 0.5) is 0 Å². The zero-order valence-corrected chi connectivity index (χ0v) is 12.6. The Morgan fingerprint density at radius 3 is 2.80 bits per heavy atom. The topological polar surface area (TPSA) is 18.5 Å². The molecule has 1 aromatic carbocycles. The lowest BCUT2D eigenvalue weighted by atomic mass is 9.98. The lowest BCUT2D eigenvalue weighted by Crippen LogP contribution is -2.52. The van der Waals surface area contributed by atoms with Crippen LogP contribution in [0.15, 0.2) is 30.3 Å². The molecule has 1 aromatic rings. The minimum absolute atomic E-state index is 0.0261.